The number of carbonyl (C=O) groups is 1. The van der Waals surface area contributed by atoms with Gasteiger partial charge in [-0.3, -0.25) is 19.2 Å². The number of nitrogens with one attached hydrogen (secondary N) is 1. The van der Waals surface area contributed by atoms with Crippen molar-refractivity contribution in [3.63, 3.8) is 0 Å². The minimum Gasteiger partial charge on any atom is -0.490 e. The van der Waals surface area contributed by atoms with Crippen molar-refractivity contribution in [2.75, 3.05) is 18.0 Å². The predicted octanol–water partition coefficient (Wildman–Crippen LogP) is 4.62. The molecule has 10 nitrogen and oxygen atoms in total. The number of benzene rings is 3. The molecule has 0 bridgehead atoms. The van der Waals surface area contributed by atoms with E-state index in [1.165, 1.54) is 49.6 Å². The van der Waals surface area contributed by atoms with Crippen LogP contribution in [-0.2, 0) is 21.0 Å². The maximum absolute atomic E-state index is 13.3. The molecule has 0 radical (unpaired) electrons. The molecule has 0 fully saturated rings. The number of anilines is 1. The third-order valence-corrected chi connectivity index (χ3v) is 7.06. The van der Waals surface area contributed by atoms with Gasteiger partial charge in [-0.05, 0) is 42.5 Å². The molecule has 3 rings (SSSR count). The van der Waals surface area contributed by atoms with E-state index in [4.69, 9.17) is 16.3 Å². The number of nitro benzene ring substituents is 1. The molecule has 15 heteroatoms. The summed E-state index contributed by atoms with van der Waals surface area (Å²) in [6.07, 6.45) is -3.76. The highest BCUT2D eigenvalue weighted by atomic mass is 35.5. The van der Waals surface area contributed by atoms with Crippen LogP contribution in [0.1, 0.15) is 11.1 Å². The fraction of sp³-hybridized carbons (Fsp3) is 0.130. The predicted molar refractivity (Wildman–Crippen MR) is 133 cm³/mol. The van der Waals surface area contributed by atoms with Crippen molar-refractivity contribution in [1.82, 2.24) is 5.43 Å². The monoisotopic (exact) mass is 570 g/mol. The van der Waals surface area contributed by atoms with E-state index < -0.39 is 44.8 Å². The number of carbonyl (C=O) groups excluding carboxylic acids is 1. The Morgan fingerprint density at radius 2 is 1.84 bits per heavy atom. The Bertz CT molecular complexity index is 1480. The number of halogens is 4. The Hall–Kier alpha value is -4.17. The summed E-state index contributed by atoms with van der Waals surface area (Å²) in [5.41, 5.74) is 0.147. The third-order valence-electron chi connectivity index (χ3n) is 4.96. The van der Waals surface area contributed by atoms with Crippen LogP contribution in [0.5, 0.6) is 5.75 Å². The maximum Gasteiger partial charge on any atom is 0.416 e. The zero-order valence-corrected chi connectivity index (χ0v) is 20.9. The molecule has 0 heterocycles. The molecule has 0 saturated carbocycles. The van der Waals surface area contributed by atoms with Crippen molar-refractivity contribution in [1.29, 1.82) is 0 Å². The number of rotatable bonds is 9. The molecule has 0 atom stereocenters. The van der Waals surface area contributed by atoms with Crippen LogP contribution in [0.3, 0.4) is 0 Å². The van der Waals surface area contributed by atoms with E-state index in [9.17, 15) is 36.5 Å². The van der Waals surface area contributed by atoms with E-state index in [1.807, 2.05) is 0 Å². The highest BCUT2D eigenvalue weighted by molar-refractivity contribution is 7.92. The summed E-state index contributed by atoms with van der Waals surface area (Å²) in [7, 11) is -3.30. The van der Waals surface area contributed by atoms with Crippen molar-refractivity contribution in [2.45, 2.75) is 11.1 Å². The highest BCUT2D eigenvalue weighted by Crippen LogP contribution is 2.37. The summed E-state index contributed by atoms with van der Waals surface area (Å²) in [5, 5.41) is 14.5. The van der Waals surface area contributed by atoms with Gasteiger partial charge in [0.05, 0.1) is 39.4 Å². The van der Waals surface area contributed by atoms with Crippen molar-refractivity contribution < 1.29 is 36.0 Å². The SMILES string of the molecule is COc1ccc(/C=N\NC(=O)CN(c2cc(C(F)(F)F)ccc2Cl)S(=O)(=O)c2ccccc2)cc1[N+](=O)[O-]. The summed E-state index contributed by atoms with van der Waals surface area (Å²) < 4.78 is 72.0. The van der Waals surface area contributed by atoms with Gasteiger partial charge in [-0.25, -0.2) is 13.8 Å². The number of hydrazone groups is 1. The first-order chi connectivity index (χ1) is 17.8. The van der Waals surface area contributed by atoms with Gasteiger partial charge in [0.15, 0.2) is 5.75 Å². The molecule has 3 aromatic carbocycles. The minimum atomic E-state index is -4.81. The van der Waals surface area contributed by atoms with Gasteiger partial charge in [-0.15, -0.1) is 0 Å². The maximum atomic E-state index is 13.3. The van der Waals surface area contributed by atoms with Crippen molar-refractivity contribution >= 4 is 45.1 Å². The van der Waals surface area contributed by atoms with Crippen LogP contribution in [0, 0.1) is 10.1 Å². The first kappa shape index (κ1) is 28.4. The first-order valence-electron chi connectivity index (χ1n) is 10.4. The number of nitro groups is 1. The van der Waals surface area contributed by atoms with Crippen molar-refractivity contribution in [2.24, 2.45) is 5.10 Å². The van der Waals surface area contributed by atoms with E-state index in [0.717, 1.165) is 18.3 Å². The number of hydrogen-bond donors (Lipinski definition) is 1. The molecular formula is C23H18ClF3N4O6S. The van der Waals surface area contributed by atoms with E-state index >= 15 is 0 Å². The van der Waals surface area contributed by atoms with Gasteiger partial charge in [-0.1, -0.05) is 29.8 Å². The van der Waals surface area contributed by atoms with E-state index in [1.54, 1.807) is 0 Å². The van der Waals surface area contributed by atoms with Gasteiger partial charge in [0.1, 0.15) is 6.54 Å². The lowest BCUT2D eigenvalue weighted by molar-refractivity contribution is -0.385. The van der Waals surface area contributed by atoms with Crippen LogP contribution in [0.2, 0.25) is 5.02 Å². The Labute approximate surface area is 219 Å². The fourth-order valence-corrected chi connectivity index (χ4v) is 4.90. The van der Waals surface area contributed by atoms with Crippen LogP contribution < -0.4 is 14.5 Å². The second-order valence-corrected chi connectivity index (χ2v) is 9.74. The highest BCUT2D eigenvalue weighted by Gasteiger charge is 2.34. The van der Waals surface area contributed by atoms with Crippen molar-refractivity contribution in [3.8, 4) is 5.75 Å². The van der Waals surface area contributed by atoms with E-state index in [-0.39, 0.29) is 26.9 Å². The van der Waals surface area contributed by atoms with Crippen LogP contribution in [0.4, 0.5) is 24.5 Å². The molecular weight excluding hydrogens is 553 g/mol. The number of alkyl halides is 3. The number of methoxy groups -OCH3 is 1. The summed E-state index contributed by atoms with van der Waals surface area (Å²) in [6, 6.07) is 12.7. The van der Waals surface area contributed by atoms with Gasteiger partial charge < -0.3 is 4.74 Å². The van der Waals surface area contributed by atoms with Gasteiger partial charge in [0.2, 0.25) is 0 Å². The molecule has 0 aromatic heterocycles. The Morgan fingerprint density at radius 1 is 1.16 bits per heavy atom. The second-order valence-electron chi connectivity index (χ2n) is 7.47. The molecule has 0 aliphatic carbocycles. The zero-order chi connectivity index (χ0) is 28.1. The second kappa shape index (κ2) is 11.5. The average Bonchev–Trinajstić information content (AvgIpc) is 2.87. The fourth-order valence-electron chi connectivity index (χ4n) is 3.17. The lowest BCUT2D eigenvalue weighted by atomic mass is 10.2. The van der Waals surface area contributed by atoms with E-state index in [2.05, 4.69) is 10.5 Å². The first-order valence-corrected chi connectivity index (χ1v) is 12.2. The van der Waals surface area contributed by atoms with Crippen LogP contribution in [-0.4, -0.2) is 39.1 Å². The van der Waals surface area contributed by atoms with Gasteiger partial charge in [0.25, 0.3) is 15.9 Å². The zero-order valence-electron chi connectivity index (χ0n) is 19.3. The van der Waals surface area contributed by atoms with Crippen LogP contribution >= 0.6 is 11.6 Å². The van der Waals surface area contributed by atoms with Gasteiger partial charge in [0, 0.05) is 11.6 Å². The average molecular weight is 571 g/mol. The number of ether oxygens (including phenoxy) is 1. The lowest BCUT2D eigenvalue weighted by Gasteiger charge is -2.25. The number of nitrogens with zero attached hydrogens (tertiary/aromatic N) is 3. The van der Waals surface area contributed by atoms with Crippen molar-refractivity contribution in [3.05, 3.63) is 93.0 Å². The smallest absolute Gasteiger partial charge is 0.416 e. The minimum absolute atomic E-state index is 0.00379. The Kier molecular flexibility index (Phi) is 8.58. The molecule has 38 heavy (non-hydrogen) atoms. The van der Waals surface area contributed by atoms with Crippen LogP contribution in [0.25, 0.3) is 0 Å². The molecule has 1 amide bonds. The van der Waals surface area contributed by atoms with Gasteiger partial charge >= 0.3 is 11.9 Å². The molecule has 0 unspecified atom stereocenters. The normalized spacial score (nSPS) is 11.8. The van der Waals surface area contributed by atoms with Gasteiger partial charge in [-0.2, -0.15) is 18.3 Å². The molecule has 0 saturated heterocycles. The third kappa shape index (κ3) is 6.58. The topological polar surface area (TPSA) is 131 Å². The molecule has 200 valence electrons. The summed E-state index contributed by atoms with van der Waals surface area (Å²) in [4.78, 5) is 22.8. The molecule has 0 aliphatic rings. The van der Waals surface area contributed by atoms with Crippen LogP contribution in [0.15, 0.2) is 76.7 Å². The lowest BCUT2D eigenvalue weighted by Crippen LogP contribution is -2.40. The quantitative estimate of drug-likeness (QED) is 0.227. The number of sulfonamides is 1. The number of hydrogen-bond acceptors (Lipinski definition) is 7. The molecule has 1 N–H and O–H groups in total. The number of amides is 1. The molecule has 0 spiro atoms. The summed E-state index contributed by atoms with van der Waals surface area (Å²) >= 11 is 6.07. The standard InChI is InChI=1S/C23H18ClF3N4O6S/c1-37-21-10-7-15(11-20(21)31(33)34)13-28-29-22(32)14-30(38(35,36)17-5-3-2-4-6-17)19-12-16(23(25,26)27)8-9-18(19)24/h2-13H,14H2,1H3,(H,29,32)/b28-13-. The summed E-state index contributed by atoms with van der Waals surface area (Å²) in [5.74, 6) is -1.03. The molecule has 0 aliphatic heterocycles. The largest absolute Gasteiger partial charge is 0.490 e. The summed E-state index contributed by atoms with van der Waals surface area (Å²) in [6.45, 7) is -0.988. The Balaban J connectivity index is 1.93. The molecule has 3 aromatic rings. The van der Waals surface area contributed by atoms with E-state index in [0.29, 0.717) is 16.4 Å². The Morgan fingerprint density at radius 3 is 2.45 bits per heavy atom.